The van der Waals surface area contributed by atoms with E-state index in [1.54, 1.807) is 0 Å². The van der Waals surface area contributed by atoms with E-state index in [4.69, 9.17) is 4.42 Å². The van der Waals surface area contributed by atoms with Gasteiger partial charge in [-0.1, -0.05) is 146 Å². The van der Waals surface area contributed by atoms with Gasteiger partial charge in [-0.15, -0.1) is 0 Å². The number of nitrogens with zero attached hydrogens (tertiary/aromatic N) is 2. The lowest BCUT2D eigenvalue weighted by Gasteiger charge is -2.36. The minimum atomic E-state index is -0.618. The number of furan rings is 1. The molecule has 244 valence electrons. The van der Waals surface area contributed by atoms with E-state index in [9.17, 15) is 0 Å². The lowest BCUT2D eigenvalue weighted by molar-refractivity contribution is 0.564. The predicted molar refractivity (Wildman–Crippen MR) is 215 cm³/mol. The Labute approximate surface area is 301 Å². The van der Waals surface area contributed by atoms with Gasteiger partial charge in [-0.05, 0) is 76.3 Å². The fourth-order valence-corrected chi connectivity index (χ4v) is 8.98. The van der Waals surface area contributed by atoms with Crippen LogP contribution in [-0.2, 0) is 5.54 Å². The van der Waals surface area contributed by atoms with Crippen molar-refractivity contribution in [2.24, 2.45) is 0 Å². The standard InChI is InChI=1S/C49H32N2O/c1-3-16-33(17-4-1)49(41-24-11-7-20-36(41)37-21-8-12-25-42(37)49)51-43-26-13-9-22-38(43)39-31-30-35(32-45(39)51)50(34-18-5-2-6-19-34)44-27-15-29-47-48(44)40-23-10-14-28-46(40)52-47/h1-32H. The Morgan fingerprint density at radius 2 is 1.02 bits per heavy atom. The van der Waals surface area contributed by atoms with Gasteiger partial charge in [-0.3, -0.25) is 0 Å². The number of para-hydroxylation sites is 3. The molecule has 0 saturated heterocycles. The largest absolute Gasteiger partial charge is 0.456 e. The second-order valence-corrected chi connectivity index (χ2v) is 13.6. The van der Waals surface area contributed by atoms with Crippen LogP contribution < -0.4 is 4.90 Å². The first kappa shape index (κ1) is 28.9. The van der Waals surface area contributed by atoms with Crippen LogP contribution in [0.15, 0.2) is 199 Å². The zero-order chi connectivity index (χ0) is 34.2. The van der Waals surface area contributed by atoms with Gasteiger partial charge >= 0.3 is 0 Å². The van der Waals surface area contributed by atoms with Crippen LogP contribution >= 0.6 is 0 Å². The number of hydrogen-bond acceptors (Lipinski definition) is 2. The van der Waals surface area contributed by atoms with Crippen molar-refractivity contribution < 1.29 is 4.42 Å². The third-order valence-electron chi connectivity index (χ3n) is 11.0. The highest BCUT2D eigenvalue weighted by Gasteiger charge is 2.47. The number of benzene rings is 8. The quantitative estimate of drug-likeness (QED) is 0.183. The molecule has 11 rings (SSSR count). The number of aromatic nitrogens is 1. The molecule has 2 aromatic heterocycles. The Morgan fingerprint density at radius 3 is 1.79 bits per heavy atom. The van der Waals surface area contributed by atoms with Crippen LogP contribution in [0.5, 0.6) is 0 Å². The molecule has 2 heterocycles. The maximum atomic E-state index is 6.41. The normalized spacial score (nSPS) is 13.2. The van der Waals surface area contributed by atoms with Crippen LogP contribution in [0.2, 0.25) is 0 Å². The van der Waals surface area contributed by atoms with Gasteiger partial charge in [0, 0.05) is 27.5 Å². The second-order valence-electron chi connectivity index (χ2n) is 13.6. The van der Waals surface area contributed by atoms with E-state index in [-0.39, 0.29) is 0 Å². The van der Waals surface area contributed by atoms with Gasteiger partial charge in [-0.25, -0.2) is 0 Å². The third kappa shape index (κ3) is 3.91. The molecule has 0 unspecified atom stereocenters. The molecule has 52 heavy (non-hydrogen) atoms. The molecule has 0 fully saturated rings. The molecular weight excluding hydrogens is 633 g/mol. The molecule has 1 aliphatic rings. The van der Waals surface area contributed by atoms with Gasteiger partial charge in [-0.2, -0.15) is 0 Å². The van der Waals surface area contributed by atoms with E-state index >= 15 is 0 Å². The Hall–Kier alpha value is -6.84. The smallest absolute Gasteiger partial charge is 0.137 e. The van der Waals surface area contributed by atoms with Crippen LogP contribution in [0.4, 0.5) is 17.1 Å². The number of rotatable bonds is 5. The fraction of sp³-hybridized carbons (Fsp3) is 0.0204. The van der Waals surface area contributed by atoms with Gasteiger partial charge in [0.15, 0.2) is 0 Å². The van der Waals surface area contributed by atoms with E-state index in [1.165, 1.54) is 49.6 Å². The molecule has 0 amide bonds. The summed E-state index contributed by atoms with van der Waals surface area (Å²) in [5.74, 6) is 0. The summed E-state index contributed by atoms with van der Waals surface area (Å²) in [5, 5.41) is 4.65. The minimum absolute atomic E-state index is 0.618. The topological polar surface area (TPSA) is 21.3 Å². The van der Waals surface area contributed by atoms with Crippen molar-refractivity contribution in [1.29, 1.82) is 0 Å². The molecule has 3 heteroatoms. The molecule has 8 aromatic carbocycles. The van der Waals surface area contributed by atoms with Gasteiger partial charge in [0.1, 0.15) is 16.7 Å². The summed E-state index contributed by atoms with van der Waals surface area (Å²) in [6.07, 6.45) is 0. The fourth-order valence-electron chi connectivity index (χ4n) is 8.98. The van der Waals surface area contributed by atoms with Crippen LogP contribution in [0.25, 0.3) is 54.9 Å². The molecule has 3 nitrogen and oxygen atoms in total. The predicted octanol–water partition coefficient (Wildman–Crippen LogP) is 13.0. The van der Waals surface area contributed by atoms with Gasteiger partial charge < -0.3 is 13.9 Å². The van der Waals surface area contributed by atoms with Crippen molar-refractivity contribution in [3.05, 3.63) is 211 Å². The number of hydrogen-bond donors (Lipinski definition) is 0. The summed E-state index contributed by atoms with van der Waals surface area (Å²) in [6.45, 7) is 0. The van der Waals surface area contributed by atoms with E-state index in [0.717, 1.165) is 39.0 Å². The van der Waals surface area contributed by atoms with Crippen molar-refractivity contribution in [2.45, 2.75) is 5.54 Å². The number of anilines is 3. The lowest BCUT2D eigenvalue weighted by Crippen LogP contribution is -2.35. The first-order valence-corrected chi connectivity index (χ1v) is 17.9. The van der Waals surface area contributed by atoms with E-state index in [0.29, 0.717) is 0 Å². The van der Waals surface area contributed by atoms with Gasteiger partial charge in [0.05, 0.1) is 22.1 Å². The average molecular weight is 665 g/mol. The van der Waals surface area contributed by atoms with Gasteiger partial charge in [0.25, 0.3) is 0 Å². The van der Waals surface area contributed by atoms with Crippen LogP contribution in [-0.4, -0.2) is 4.57 Å². The first-order chi connectivity index (χ1) is 25.8. The van der Waals surface area contributed by atoms with Crippen LogP contribution in [0.3, 0.4) is 0 Å². The molecule has 0 saturated carbocycles. The van der Waals surface area contributed by atoms with E-state index in [1.807, 2.05) is 6.07 Å². The van der Waals surface area contributed by atoms with Crippen molar-refractivity contribution >= 4 is 60.8 Å². The summed E-state index contributed by atoms with van der Waals surface area (Å²) in [7, 11) is 0. The molecule has 0 atom stereocenters. The molecule has 0 radical (unpaired) electrons. The highest BCUT2D eigenvalue weighted by molar-refractivity contribution is 6.14. The Balaban J connectivity index is 1.28. The summed E-state index contributed by atoms with van der Waals surface area (Å²) in [4.78, 5) is 2.39. The van der Waals surface area contributed by atoms with Crippen molar-refractivity contribution in [1.82, 2.24) is 4.57 Å². The second kappa shape index (κ2) is 11.1. The molecule has 0 aliphatic heterocycles. The van der Waals surface area contributed by atoms with Crippen LogP contribution in [0.1, 0.15) is 16.7 Å². The molecular formula is C49H32N2O. The maximum absolute atomic E-state index is 6.41. The Kier molecular flexibility index (Phi) is 6.17. The van der Waals surface area contributed by atoms with E-state index < -0.39 is 5.54 Å². The lowest BCUT2D eigenvalue weighted by atomic mass is 9.80. The summed E-state index contributed by atoms with van der Waals surface area (Å²) < 4.78 is 9.03. The summed E-state index contributed by atoms with van der Waals surface area (Å²) >= 11 is 0. The van der Waals surface area contributed by atoms with Crippen molar-refractivity contribution in [2.75, 3.05) is 4.90 Å². The Bertz CT molecular complexity index is 2930. The zero-order valence-corrected chi connectivity index (χ0v) is 28.3. The molecule has 0 N–H and O–H groups in total. The highest BCUT2D eigenvalue weighted by atomic mass is 16.3. The highest BCUT2D eigenvalue weighted by Crippen LogP contribution is 2.56. The summed E-state index contributed by atoms with van der Waals surface area (Å²) in [6, 6.07) is 70.3. The minimum Gasteiger partial charge on any atom is -0.456 e. The SMILES string of the molecule is c1ccc(N(c2ccc3c4ccccc4n(C4(c5ccccc5)c5ccccc5-c5ccccc54)c3c2)c2cccc3oc4ccccc4c23)cc1. The molecule has 0 bridgehead atoms. The average Bonchev–Trinajstić information content (AvgIpc) is 3.85. The molecule has 10 aromatic rings. The third-order valence-corrected chi connectivity index (χ3v) is 11.0. The first-order valence-electron chi connectivity index (χ1n) is 17.9. The maximum Gasteiger partial charge on any atom is 0.137 e. The number of fused-ring (bicyclic) bond motifs is 9. The monoisotopic (exact) mass is 664 g/mol. The Morgan fingerprint density at radius 1 is 0.423 bits per heavy atom. The van der Waals surface area contributed by atoms with E-state index in [2.05, 4.69) is 198 Å². The molecule has 0 spiro atoms. The summed E-state index contributed by atoms with van der Waals surface area (Å²) in [5.41, 5.74) is 13.1. The zero-order valence-electron chi connectivity index (χ0n) is 28.3. The van der Waals surface area contributed by atoms with Gasteiger partial charge in [0.2, 0.25) is 0 Å². The van der Waals surface area contributed by atoms with Crippen molar-refractivity contribution in [3.8, 4) is 11.1 Å². The van der Waals surface area contributed by atoms with Crippen LogP contribution in [0, 0.1) is 0 Å². The molecule has 1 aliphatic carbocycles. The van der Waals surface area contributed by atoms with Crippen molar-refractivity contribution in [3.63, 3.8) is 0 Å².